The van der Waals surface area contributed by atoms with Crippen molar-refractivity contribution in [2.75, 3.05) is 18.8 Å². The quantitative estimate of drug-likeness (QED) is 0.750. The van der Waals surface area contributed by atoms with Gasteiger partial charge in [0.15, 0.2) is 5.82 Å². The van der Waals surface area contributed by atoms with Crippen LogP contribution in [0.25, 0.3) is 0 Å². The summed E-state index contributed by atoms with van der Waals surface area (Å²) in [6.07, 6.45) is 2.93. The number of hydrogen-bond donors (Lipinski definition) is 1. The Morgan fingerprint density at radius 3 is 2.69 bits per heavy atom. The van der Waals surface area contributed by atoms with E-state index in [0.717, 1.165) is 0 Å². The van der Waals surface area contributed by atoms with E-state index in [-0.39, 0.29) is 17.3 Å². The van der Waals surface area contributed by atoms with Gasteiger partial charge >= 0.3 is 0 Å². The van der Waals surface area contributed by atoms with Crippen molar-refractivity contribution in [3.05, 3.63) is 18.9 Å². The van der Waals surface area contributed by atoms with Crippen LogP contribution in [-0.4, -0.2) is 35.6 Å². The van der Waals surface area contributed by atoms with Crippen LogP contribution >= 0.6 is 0 Å². The van der Waals surface area contributed by atoms with Gasteiger partial charge in [0.25, 0.3) is 0 Å². The number of nitrogens with zero attached hydrogens (tertiary/aromatic N) is 3. The topological polar surface area (TPSA) is 81.2 Å². The number of sulfonamides is 1. The molecule has 0 bridgehead atoms. The first kappa shape index (κ1) is 12.7. The van der Waals surface area contributed by atoms with Gasteiger partial charge < -0.3 is 5.73 Å². The average molecular weight is 244 g/mol. The molecular weight excluding hydrogens is 228 g/mol. The SMILES string of the molecule is C=CCN(CC)S(=O)(=O)c1cn(C)nc1N. The number of nitrogens with two attached hydrogens (primary N) is 1. The van der Waals surface area contributed by atoms with Crippen LogP contribution in [0.3, 0.4) is 0 Å². The predicted molar refractivity (Wildman–Crippen MR) is 62.3 cm³/mol. The fourth-order valence-corrected chi connectivity index (χ4v) is 2.87. The lowest BCUT2D eigenvalue weighted by Gasteiger charge is -2.17. The Morgan fingerprint density at radius 2 is 2.31 bits per heavy atom. The monoisotopic (exact) mass is 244 g/mol. The molecule has 0 aromatic carbocycles. The molecule has 0 amide bonds. The van der Waals surface area contributed by atoms with Crippen molar-refractivity contribution in [3.8, 4) is 0 Å². The smallest absolute Gasteiger partial charge is 0.248 e. The minimum Gasteiger partial charge on any atom is -0.381 e. The molecule has 0 fully saturated rings. The van der Waals surface area contributed by atoms with Crippen LogP contribution < -0.4 is 5.73 Å². The van der Waals surface area contributed by atoms with Gasteiger partial charge in [-0.25, -0.2) is 8.42 Å². The van der Waals surface area contributed by atoms with E-state index in [0.29, 0.717) is 6.54 Å². The molecule has 0 saturated heterocycles. The van der Waals surface area contributed by atoms with Crippen molar-refractivity contribution in [1.29, 1.82) is 0 Å². The van der Waals surface area contributed by atoms with Crippen molar-refractivity contribution in [1.82, 2.24) is 14.1 Å². The van der Waals surface area contributed by atoms with Crippen LogP contribution in [0.5, 0.6) is 0 Å². The molecule has 0 aliphatic rings. The maximum Gasteiger partial charge on any atom is 0.248 e. The molecule has 7 heteroatoms. The third kappa shape index (κ3) is 2.25. The zero-order valence-electron chi connectivity index (χ0n) is 9.42. The van der Waals surface area contributed by atoms with Crippen LogP contribution in [0.1, 0.15) is 6.92 Å². The minimum atomic E-state index is -3.57. The number of aryl methyl sites for hydroxylation is 1. The van der Waals surface area contributed by atoms with Crippen molar-refractivity contribution >= 4 is 15.8 Å². The summed E-state index contributed by atoms with van der Waals surface area (Å²) in [5.41, 5.74) is 5.55. The largest absolute Gasteiger partial charge is 0.381 e. The van der Waals surface area contributed by atoms with Crippen LogP contribution in [0.15, 0.2) is 23.7 Å². The Bertz CT molecular complexity index is 478. The predicted octanol–water partition coefficient (Wildman–Crippen LogP) is 0.199. The summed E-state index contributed by atoms with van der Waals surface area (Å²) in [7, 11) is -1.95. The van der Waals surface area contributed by atoms with Crippen molar-refractivity contribution in [2.45, 2.75) is 11.8 Å². The first-order valence-corrected chi connectivity index (χ1v) is 6.27. The lowest BCUT2D eigenvalue weighted by molar-refractivity contribution is 0.460. The lowest BCUT2D eigenvalue weighted by Crippen LogP contribution is -2.31. The number of rotatable bonds is 5. The summed E-state index contributed by atoms with van der Waals surface area (Å²) in [6, 6.07) is 0. The first-order chi connectivity index (χ1) is 7.43. The highest BCUT2D eigenvalue weighted by molar-refractivity contribution is 7.89. The second kappa shape index (κ2) is 4.67. The molecule has 16 heavy (non-hydrogen) atoms. The summed E-state index contributed by atoms with van der Waals surface area (Å²) in [6.45, 7) is 5.90. The Kier molecular flexibility index (Phi) is 3.71. The minimum absolute atomic E-state index is 0.0185. The van der Waals surface area contributed by atoms with Crippen LogP contribution in [0.2, 0.25) is 0 Å². The highest BCUT2D eigenvalue weighted by Crippen LogP contribution is 2.20. The van der Waals surface area contributed by atoms with Crippen LogP contribution in [0, 0.1) is 0 Å². The molecule has 1 aromatic heterocycles. The molecule has 0 saturated carbocycles. The maximum absolute atomic E-state index is 12.1. The fraction of sp³-hybridized carbons (Fsp3) is 0.444. The molecule has 1 heterocycles. The molecule has 2 N–H and O–H groups in total. The summed E-state index contributed by atoms with van der Waals surface area (Å²) in [5.74, 6) is 0.0185. The molecule has 0 aliphatic heterocycles. The zero-order chi connectivity index (χ0) is 12.3. The highest BCUT2D eigenvalue weighted by atomic mass is 32.2. The van der Waals surface area contributed by atoms with E-state index in [9.17, 15) is 8.42 Å². The number of nitrogen functional groups attached to an aromatic ring is 1. The molecule has 0 atom stereocenters. The van der Waals surface area contributed by atoms with Gasteiger partial charge in [0.05, 0.1) is 0 Å². The van der Waals surface area contributed by atoms with Gasteiger partial charge in [-0.2, -0.15) is 9.40 Å². The summed E-state index contributed by atoms with van der Waals surface area (Å²) < 4.78 is 26.9. The van der Waals surface area contributed by atoms with Crippen molar-refractivity contribution < 1.29 is 8.42 Å². The van der Waals surface area contributed by atoms with Gasteiger partial charge in [-0.05, 0) is 0 Å². The van der Waals surface area contributed by atoms with E-state index in [1.54, 1.807) is 14.0 Å². The normalized spacial score (nSPS) is 11.9. The molecule has 6 nitrogen and oxygen atoms in total. The van der Waals surface area contributed by atoms with E-state index in [1.807, 2.05) is 0 Å². The Labute approximate surface area is 95.4 Å². The second-order valence-corrected chi connectivity index (χ2v) is 5.20. The van der Waals surface area contributed by atoms with E-state index in [2.05, 4.69) is 11.7 Å². The second-order valence-electron chi connectivity index (χ2n) is 3.30. The number of anilines is 1. The third-order valence-corrected chi connectivity index (χ3v) is 4.08. The van der Waals surface area contributed by atoms with Crippen molar-refractivity contribution in [2.24, 2.45) is 7.05 Å². The van der Waals surface area contributed by atoms with Crippen LogP contribution in [-0.2, 0) is 17.1 Å². The Balaban J connectivity index is 3.19. The summed E-state index contributed by atoms with van der Waals surface area (Å²) in [5, 5.41) is 3.82. The molecule has 0 radical (unpaired) electrons. The molecule has 0 aliphatic carbocycles. The zero-order valence-corrected chi connectivity index (χ0v) is 10.2. The molecule has 90 valence electrons. The van der Waals surface area contributed by atoms with Crippen LogP contribution in [0.4, 0.5) is 5.82 Å². The molecule has 1 aromatic rings. The molecular formula is C9H16N4O2S. The van der Waals surface area contributed by atoms with E-state index >= 15 is 0 Å². The number of hydrogen-bond acceptors (Lipinski definition) is 4. The lowest BCUT2D eigenvalue weighted by atomic mass is 10.6. The van der Waals surface area contributed by atoms with E-state index in [1.165, 1.54) is 21.3 Å². The third-order valence-electron chi connectivity index (χ3n) is 2.13. The standard InChI is InChI=1S/C9H16N4O2S/c1-4-6-13(5-2)16(14,15)8-7-12(3)11-9(8)10/h4,7H,1,5-6H2,2-3H3,(H2,10,11). The Hall–Kier alpha value is -1.34. The number of likely N-dealkylation sites (N-methyl/N-ethyl adjacent to an activating group) is 1. The molecule has 0 spiro atoms. The fourth-order valence-electron chi connectivity index (χ4n) is 1.36. The van der Waals surface area contributed by atoms with Gasteiger partial charge in [-0.1, -0.05) is 13.0 Å². The Morgan fingerprint density at radius 1 is 1.69 bits per heavy atom. The van der Waals surface area contributed by atoms with Crippen molar-refractivity contribution in [3.63, 3.8) is 0 Å². The van der Waals surface area contributed by atoms with Gasteiger partial charge in [-0.3, -0.25) is 4.68 Å². The number of aromatic nitrogens is 2. The summed E-state index contributed by atoms with van der Waals surface area (Å²) >= 11 is 0. The van der Waals surface area contributed by atoms with E-state index < -0.39 is 10.0 Å². The van der Waals surface area contributed by atoms with Gasteiger partial charge in [-0.15, -0.1) is 6.58 Å². The first-order valence-electron chi connectivity index (χ1n) is 4.83. The summed E-state index contributed by atoms with van der Waals surface area (Å²) in [4.78, 5) is 0.0405. The highest BCUT2D eigenvalue weighted by Gasteiger charge is 2.26. The van der Waals surface area contributed by atoms with Gasteiger partial charge in [0, 0.05) is 26.3 Å². The van der Waals surface area contributed by atoms with E-state index in [4.69, 9.17) is 5.73 Å². The molecule has 1 rings (SSSR count). The molecule has 0 unspecified atom stereocenters. The van der Waals surface area contributed by atoms with Gasteiger partial charge in [0.2, 0.25) is 10.0 Å². The average Bonchev–Trinajstić information content (AvgIpc) is 2.54. The maximum atomic E-state index is 12.1. The van der Waals surface area contributed by atoms with Gasteiger partial charge in [0.1, 0.15) is 4.90 Å².